The molecule has 0 radical (unpaired) electrons. The zero-order chi connectivity index (χ0) is 21.6. The van der Waals surface area contributed by atoms with Crippen LogP contribution in [0.1, 0.15) is 17.1 Å². The Balaban J connectivity index is 1.73. The molecule has 2 heterocycles. The number of nitrogens with two attached hydrogens (primary N) is 1. The third kappa shape index (κ3) is 4.74. The Morgan fingerprint density at radius 1 is 0.968 bits per heavy atom. The van der Waals surface area contributed by atoms with Crippen molar-refractivity contribution in [3.05, 3.63) is 90.0 Å². The summed E-state index contributed by atoms with van der Waals surface area (Å²) in [5.74, 6) is 1.54. The van der Waals surface area contributed by atoms with E-state index in [4.69, 9.17) is 10.5 Å². The van der Waals surface area contributed by atoms with Crippen molar-refractivity contribution in [3.8, 4) is 40.1 Å². The van der Waals surface area contributed by atoms with Crippen molar-refractivity contribution in [3.63, 3.8) is 0 Å². The minimum Gasteiger partial charge on any atom is -0.438 e. The highest BCUT2D eigenvalue weighted by molar-refractivity contribution is 5.71. The van der Waals surface area contributed by atoms with E-state index in [0.29, 0.717) is 29.6 Å². The molecular weight excluding hydrogens is 386 g/mol. The Hall–Kier alpha value is -4.08. The number of hydrogen-bond acceptors (Lipinski definition) is 6. The van der Waals surface area contributed by atoms with Crippen molar-refractivity contribution in [2.75, 3.05) is 6.54 Å². The highest BCUT2D eigenvalue weighted by Gasteiger charge is 2.12. The zero-order valence-electron chi connectivity index (χ0n) is 17.1. The van der Waals surface area contributed by atoms with Gasteiger partial charge in [-0.1, -0.05) is 36.4 Å². The molecule has 2 aromatic heterocycles. The van der Waals surface area contributed by atoms with Crippen LogP contribution in [0, 0.1) is 18.3 Å². The van der Waals surface area contributed by atoms with Gasteiger partial charge in [0.05, 0.1) is 17.3 Å². The SMILES string of the molecule is Cc1nc(Oc2cc(C#N)ccc2-c2ccc(CCN)nc2)cc(-c2ccccc2)n1. The lowest BCUT2D eigenvalue weighted by molar-refractivity contribution is 0.461. The largest absolute Gasteiger partial charge is 0.438 e. The van der Waals surface area contributed by atoms with E-state index < -0.39 is 0 Å². The fraction of sp³-hybridized carbons (Fsp3) is 0.120. The Morgan fingerprint density at radius 3 is 2.52 bits per heavy atom. The molecule has 0 aliphatic carbocycles. The highest BCUT2D eigenvalue weighted by Crippen LogP contribution is 2.34. The van der Waals surface area contributed by atoms with Crippen LogP contribution in [-0.4, -0.2) is 21.5 Å². The van der Waals surface area contributed by atoms with Crippen LogP contribution in [0.15, 0.2) is 72.9 Å². The molecule has 0 bridgehead atoms. The van der Waals surface area contributed by atoms with Crippen molar-refractivity contribution < 1.29 is 4.74 Å². The van der Waals surface area contributed by atoms with Gasteiger partial charge in [0.1, 0.15) is 11.6 Å². The zero-order valence-corrected chi connectivity index (χ0v) is 17.1. The molecule has 0 aliphatic heterocycles. The molecule has 2 N–H and O–H groups in total. The number of ether oxygens (including phenoxy) is 1. The smallest absolute Gasteiger partial charge is 0.223 e. The number of hydrogen-bond donors (Lipinski definition) is 1. The third-order valence-corrected chi connectivity index (χ3v) is 4.75. The first kappa shape index (κ1) is 20.2. The first-order valence-electron chi connectivity index (χ1n) is 9.95. The maximum Gasteiger partial charge on any atom is 0.223 e. The van der Waals surface area contributed by atoms with Crippen LogP contribution in [0.25, 0.3) is 22.4 Å². The second-order valence-electron chi connectivity index (χ2n) is 7.01. The summed E-state index contributed by atoms with van der Waals surface area (Å²) in [6, 6.07) is 23.1. The summed E-state index contributed by atoms with van der Waals surface area (Å²) in [4.78, 5) is 13.4. The first-order valence-corrected chi connectivity index (χ1v) is 9.95. The summed E-state index contributed by atoms with van der Waals surface area (Å²) >= 11 is 0. The standard InChI is InChI=1S/C25H21N5O/c1-17-29-23(19-5-3-2-4-6-19)14-25(30-17)31-24-13-18(15-27)7-10-22(24)20-8-9-21(11-12-26)28-16-20/h2-10,13-14,16H,11-12,26H2,1H3. The molecule has 0 aliphatic rings. The van der Waals surface area contributed by atoms with E-state index in [9.17, 15) is 5.26 Å². The molecule has 0 fully saturated rings. The van der Waals surface area contributed by atoms with Crippen LogP contribution < -0.4 is 10.5 Å². The monoisotopic (exact) mass is 407 g/mol. The molecule has 0 saturated heterocycles. The summed E-state index contributed by atoms with van der Waals surface area (Å²) in [6.45, 7) is 2.38. The summed E-state index contributed by atoms with van der Waals surface area (Å²) < 4.78 is 6.18. The average molecular weight is 407 g/mol. The van der Waals surface area contributed by atoms with Gasteiger partial charge in [0, 0.05) is 41.1 Å². The van der Waals surface area contributed by atoms with Gasteiger partial charge in [0.25, 0.3) is 0 Å². The van der Waals surface area contributed by atoms with Crippen molar-refractivity contribution in [2.24, 2.45) is 5.73 Å². The van der Waals surface area contributed by atoms with E-state index in [1.807, 2.05) is 55.5 Å². The molecule has 2 aromatic carbocycles. The predicted octanol–water partition coefficient (Wildman–Crippen LogP) is 4.68. The Kier molecular flexibility index (Phi) is 5.97. The van der Waals surface area contributed by atoms with Gasteiger partial charge in [0.15, 0.2) is 0 Å². The number of aryl methyl sites for hydroxylation is 1. The highest BCUT2D eigenvalue weighted by atomic mass is 16.5. The average Bonchev–Trinajstić information content (AvgIpc) is 2.80. The fourth-order valence-corrected chi connectivity index (χ4v) is 3.26. The summed E-state index contributed by atoms with van der Waals surface area (Å²) in [6.07, 6.45) is 2.51. The van der Waals surface area contributed by atoms with E-state index in [1.54, 1.807) is 24.4 Å². The van der Waals surface area contributed by atoms with Gasteiger partial charge >= 0.3 is 0 Å². The fourth-order valence-electron chi connectivity index (χ4n) is 3.26. The van der Waals surface area contributed by atoms with E-state index in [-0.39, 0.29) is 0 Å². The van der Waals surface area contributed by atoms with Crippen LogP contribution >= 0.6 is 0 Å². The first-order chi connectivity index (χ1) is 15.2. The van der Waals surface area contributed by atoms with Gasteiger partial charge in [-0.25, -0.2) is 4.98 Å². The molecule has 6 heteroatoms. The molecule has 4 rings (SSSR count). The lowest BCUT2D eigenvalue weighted by Crippen LogP contribution is -2.04. The van der Waals surface area contributed by atoms with Crippen molar-refractivity contribution >= 4 is 0 Å². The number of rotatable bonds is 6. The van der Waals surface area contributed by atoms with Crippen molar-refractivity contribution in [1.29, 1.82) is 5.26 Å². The quantitative estimate of drug-likeness (QED) is 0.498. The van der Waals surface area contributed by atoms with Gasteiger partial charge in [-0.3, -0.25) is 4.98 Å². The summed E-state index contributed by atoms with van der Waals surface area (Å²) in [5, 5.41) is 9.37. The second-order valence-corrected chi connectivity index (χ2v) is 7.01. The second kappa shape index (κ2) is 9.16. The molecule has 0 saturated carbocycles. The third-order valence-electron chi connectivity index (χ3n) is 4.75. The van der Waals surface area contributed by atoms with Crippen LogP contribution in [0.5, 0.6) is 11.6 Å². The molecule has 0 spiro atoms. The van der Waals surface area contributed by atoms with Gasteiger partial charge in [-0.05, 0) is 37.7 Å². The van der Waals surface area contributed by atoms with E-state index in [1.165, 1.54) is 0 Å². The van der Waals surface area contributed by atoms with Gasteiger partial charge in [0.2, 0.25) is 5.88 Å². The van der Waals surface area contributed by atoms with Crippen LogP contribution in [0.2, 0.25) is 0 Å². The van der Waals surface area contributed by atoms with E-state index in [0.717, 1.165) is 34.5 Å². The Labute approximate surface area is 181 Å². The van der Waals surface area contributed by atoms with Crippen LogP contribution in [-0.2, 0) is 6.42 Å². The van der Waals surface area contributed by atoms with E-state index in [2.05, 4.69) is 21.0 Å². The summed E-state index contributed by atoms with van der Waals surface area (Å²) in [7, 11) is 0. The molecular formula is C25H21N5O. The Bertz CT molecular complexity index is 1230. The number of benzene rings is 2. The van der Waals surface area contributed by atoms with Crippen molar-refractivity contribution in [1.82, 2.24) is 15.0 Å². The minimum atomic E-state index is 0.412. The molecule has 152 valence electrons. The van der Waals surface area contributed by atoms with Crippen molar-refractivity contribution in [2.45, 2.75) is 13.3 Å². The number of nitrogens with zero attached hydrogens (tertiary/aromatic N) is 4. The number of nitriles is 1. The minimum absolute atomic E-state index is 0.412. The van der Waals surface area contributed by atoms with Gasteiger partial charge in [-0.2, -0.15) is 10.2 Å². The van der Waals surface area contributed by atoms with E-state index >= 15 is 0 Å². The Morgan fingerprint density at radius 2 is 1.81 bits per heavy atom. The molecule has 0 unspecified atom stereocenters. The molecule has 31 heavy (non-hydrogen) atoms. The van der Waals surface area contributed by atoms with Crippen LogP contribution in [0.4, 0.5) is 0 Å². The van der Waals surface area contributed by atoms with Gasteiger partial charge < -0.3 is 10.5 Å². The number of aromatic nitrogens is 3. The molecule has 6 nitrogen and oxygen atoms in total. The lowest BCUT2D eigenvalue weighted by atomic mass is 10.0. The normalized spacial score (nSPS) is 10.5. The molecule has 0 atom stereocenters. The maximum absolute atomic E-state index is 9.37. The molecule has 4 aromatic rings. The molecule has 0 amide bonds. The topological polar surface area (TPSA) is 97.7 Å². The van der Waals surface area contributed by atoms with Gasteiger partial charge in [-0.15, -0.1) is 0 Å². The number of pyridine rings is 1. The maximum atomic E-state index is 9.37. The summed E-state index contributed by atoms with van der Waals surface area (Å²) in [5.41, 5.74) is 10.5. The lowest BCUT2D eigenvalue weighted by Gasteiger charge is -2.13. The van der Waals surface area contributed by atoms with Crippen LogP contribution in [0.3, 0.4) is 0 Å². The predicted molar refractivity (Wildman–Crippen MR) is 119 cm³/mol.